The predicted octanol–water partition coefficient (Wildman–Crippen LogP) is -0.0455. The van der Waals surface area contributed by atoms with Crippen LogP contribution in [0, 0.1) is 11.8 Å². The first-order valence-electron chi connectivity index (χ1n) is 5.29. The molecule has 80 valence electrons. The molecule has 2 rings (SSSR count). The van der Waals surface area contributed by atoms with Crippen LogP contribution in [0.25, 0.3) is 0 Å². The van der Waals surface area contributed by atoms with E-state index in [2.05, 4.69) is 16.8 Å². The average Bonchev–Trinajstić information content (AvgIpc) is 2.50. The van der Waals surface area contributed by atoms with Gasteiger partial charge in [-0.2, -0.15) is 0 Å². The van der Waals surface area contributed by atoms with Crippen LogP contribution in [0.15, 0.2) is 0 Å². The number of hydrogen-bond acceptors (Lipinski definition) is 3. The highest BCUT2D eigenvalue weighted by atomic mass is 16.4. The molecular weight excluding hydrogens is 180 g/mol. The van der Waals surface area contributed by atoms with E-state index in [1.165, 1.54) is 13.1 Å². The molecule has 0 bridgehead atoms. The van der Waals surface area contributed by atoms with E-state index in [4.69, 9.17) is 5.11 Å². The van der Waals surface area contributed by atoms with E-state index in [0.29, 0.717) is 0 Å². The Bertz CT molecular complexity index is 226. The molecule has 0 aliphatic carbocycles. The molecule has 4 heteroatoms. The van der Waals surface area contributed by atoms with Crippen molar-refractivity contribution in [1.29, 1.82) is 0 Å². The van der Waals surface area contributed by atoms with Crippen LogP contribution in [0.5, 0.6) is 0 Å². The first-order valence-corrected chi connectivity index (χ1v) is 5.29. The standard InChI is InChI=1S/C10H18N2O2/c1-11-4-8(5-11)6-12-3-2-9(7-12)10(13)14/h8-9H,2-7H2,1H3,(H,13,14). The topological polar surface area (TPSA) is 43.8 Å². The van der Waals surface area contributed by atoms with Crippen molar-refractivity contribution in [3.63, 3.8) is 0 Å². The van der Waals surface area contributed by atoms with Crippen LogP contribution in [0.1, 0.15) is 6.42 Å². The molecule has 4 nitrogen and oxygen atoms in total. The molecule has 0 spiro atoms. The lowest BCUT2D eigenvalue weighted by molar-refractivity contribution is -0.141. The van der Waals surface area contributed by atoms with E-state index < -0.39 is 5.97 Å². The molecule has 1 unspecified atom stereocenters. The van der Waals surface area contributed by atoms with Gasteiger partial charge in [0, 0.05) is 26.2 Å². The van der Waals surface area contributed by atoms with E-state index in [9.17, 15) is 4.79 Å². The lowest BCUT2D eigenvalue weighted by Crippen LogP contribution is -2.48. The Morgan fingerprint density at radius 1 is 1.43 bits per heavy atom. The van der Waals surface area contributed by atoms with Crippen LogP contribution in [0.2, 0.25) is 0 Å². The number of rotatable bonds is 3. The minimum absolute atomic E-state index is 0.118. The summed E-state index contributed by atoms with van der Waals surface area (Å²) >= 11 is 0. The average molecular weight is 198 g/mol. The molecule has 2 heterocycles. The van der Waals surface area contributed by atoms with Gasteiger partial charge in [-0.05, 0) is 25.9 Å². The molecule has 0 radical (unpaired) electrons. The highest BCUT2D eigenvalue weighted by molar-refractivity contribution is 5.70. The molecule has 1 atom stereocenters. The number of carbonyl (C=O) groups is 1. The Balaban J connectivity index is 1.71. The molecule has 2 fully saturated rings. The second-order valence-corrected chi connectivity index (χ2v) is 4.67. The first kappa shape index (κ1) is 9.93. The van der Waals surface area contributed by atoms with E-state index in [0.717, 1.165) is 32.0 Å². The maximum absolute atomic E-state index is 10.7. The minimum atomic E-state index is -0.627. The Hall–Kier alpha value is -0.610. The molecule has 0 saturated carbocycles. The summed E-state index contributed by atoms with van der Waals surface area (Å²) in [6, 6.07) is 0. The van der Waals surface area contributed by atoms with Crippen molar-refractivity contribution in [2.24, 2.45) is 11.8 Å². The van der Waals surface area contributed by atoms with Crippen LogP contribution in [0.3, 0.4) is 0 Å². The van der Waals surface area contributed by atoms with Crippen molar-refractivity contribution < 1.29 is 9.90 Å². The van der Waals surface area contributed by atoms with Crippen LogP contribution in [-0.4, -0.2) is 60.6 Å². The lowest BCUT2D eigenvalue weighted by atomic mass is 10.0. The molecule has 0 aromatic carbocycles. The molecule has 1 N–H and O–H groups in total. The third-order valence-electron chi connectivity index (χ3n) is 3.28. The fraction of sp³-hybridized carbons (Fsp3) is 0.900. The Kier molecular flexibility index (Phi) is 2.74. The normalized spacial score (nSPS) is 30.5. The van der Waals surface area contributed by atoms with Gasteiger partial charge in [-0.15, -0.1) is 0 Å². The van der Waals surface area contributed by atoms with Gasteiger partial charge in [-0.25, -0.2) is 0 Å². The van der Waals surface area contributed by atoms with Crippen molar-refractivity contribution in [3.8, 4) is 0 Å². The van der Waals surface area contributed by atoms with Gasteiger partial charge in [0.2, 0.25) is 0 Å². The second-order valence-electron chi connectivity index (χ2n) is 4.67. The van der Waals surface area contributed by atoms with E-state index >= 15 is 0 Å². The highest BCUT2D eigenvalue weighted by Gasteiger charge is 2.31. The number of carboxylic acids is 1. The smallest absolute Gasteiger partial charge is 0.307 e. The van der Waals surface area contributed by atoms with Gasteiger partial charge in [0.15, 0.2) is 0 Å². The number of hydrogen-bond donors (Lipinski definition) is 1. The van der Waals surface area contributed by atoms with Crippen molar-refractivity contribution in [2.45, 2.75) is 6.42 Å². The summed E-state index contributed by atoms with van der Waals surface area (Å²) in [5.74, 6) is 0.0265. The zero-order valence-corrected chi connectivity index (χ0v) is 8.65. The van der Waals surface area contributed by atoms with E-state index in [1.807, 2.05) is 0 Å². The summed E-state index contributed by atoms with van der Waals surface area (Å²) < 4.78 is 0. The Labute approximate surface area is 84.5 Å². The zero-order valence-electron chi connectivity index (χ0n) is 8.65. The fourth-order valence-electron chi connectivity index (χ4n) is 2.51. The number of likely N-dealkylation sites (tertiary alicyclic amines) is 2. The number of aliphatic carboxylic acids is 1. The third-order valence-corrected chi connectivity index (χ3v) is 3.28. The number of nitrogens with zero attached hydrogens (tertiary/aromatic N) is 2. The molecule has 0 amide bonds. The van der Waals surface area contributed by atoms with Crippen LogP contribution >= 0.6 is 0 Å². The summed E-state index contributed by atoms with van der Waals surface area (Å²) in [5.41, 5.74) is 0. The van der Waals surface area contributed by atoms with Crippen LogP contribution in [0.4, 0.5) is 0 Å². The van der Waals surface area contributed by atoms with Crippen molar-refractivity contribution in [1.82, 2.24) is 9.80 Å². The Morgan fingerprint density at radius 2 is 2.14 bits per heavy atom. The van der Waals surface area contributed by atoms with E-state index in [-0.39, 0.29) is 5.92 Å². The fourth-order valence-corrected chi connectivity index (χ4v) is 2.51. The van der Waals surface area contributed by atoms with Crippen molar-refractivity contribution >= 4 is 5.97 Å². The van der Waals surface area contributed by atoms with Gasteiger partial charge in [-0.3, -0.25) is 4.79 Å². The van der Waals surface area contributed by atoms with E-state index in [1.54, 1.807) is 0 Å². The molecule has 14 heavy (non-hydrogen) atoms. The Morgan fingerprint density at radius 3 is 2.64 bits per heavy atom. The number of carboxylic acid groups (broad SMARTS) is 1. The monoisotopic (exact) mass is 198 g/mol. The minimum Gasteiger partial charge on any atom is -0.481 e. The van der Waals surface area contributed by atoms with Gasteiger partial charge in [-0.1, -0.05) is 0 Å². The van der Waals surface area contributed by atoms with Crippen molar-refractivity contribution in [2.75, 3.05) is 39.8 Å². The van der Waals surface area contributed by atoms with Gasteiger partial charge in [0.05, 0.1) is 5.92 Å². The summed E-state index contributed by atoms with van der Waals surface area (Å²) in [6.45, 7) is 5.17. The largest absolute Gasteiger partial charge is 0.481 e. The SMILES string of the molecule is CN1CC(CN2CCC(C(=O)O)C2)C1. The lowest BCUT2D eigenvalue weighted by Gasteiger charge is -2.38. The third kappa shape index (κ3) is 2.07. The summed E-state index contributed by atoms with van der Waals surface area (Å²) in [4.78, 5) is 15.3. The van der Waals surface area contributed by atoms with Gasteiger partial charge in [0.25, 0.3) is 0 Å². The molecule has 2 aliphatic rings. The molecular formula is C10H18N2O2. The zero-order chi connectivity index (χ0) is 10.1. The van der Waals surface area contributed by atoms with Crippen molar-refractivity contribution in [3.05, 3.63) is 0 Å². The maximum atomic E-state index is 10.7. The highest BCUT2D eigenvalue weighted by Crippen LogP contribution is 2.20. The maximum Gasteiger partial charge on any atom is 0.307 e. The molecule has 2 saturated heterocycles. The quantitative estimate of drug-likeness (QED) is 0.691. The molecule has 0 aromatic rings. The van der Waals surface area contributed by atoms with Gasteiger partial charge < -0.3 is 14.9 Å². The second kappa shape index (κ2) is 3.87. The predicted molar refractivity (Wildman–Crippen MR) is 53.2 cm³/mol. The van der Waals surface area contributed by atoms with Crippen LogP contribution < -0.4 is 0 Å². The molecule has 2 aliphatic heterocycles. The summed E-state index contributed by atoms with van der Waals surface area (Å²) in [7, 11) is 2.13. The molecule has 0 aromatic heterocycles. The van der Waals surface area contributed by atoms with Gasteiger partial charge >= 0.3 is 5.97 Å². The van der Waals surface area contributed by atoms with Crippen LogP contribution in [-0.2, 0) is 4.79 Å². The summed E-state index contributed by atoms with van der Waals surface area (Å²) in [5, 5.41) is 8.84. The summed E-state index contributed by atoms with van der Waals surface area (Å²) in [6.07, 6.45) is 0.831. The first-order chi connectivity index (χ1) is 6.65. The van der Waals surface area contributed by atoms with Gasteiger partial charge in [0.1, 0.15) is 0 Å².